The summed E-state index contributed by atoms with van der Waals surface area (Å²) in [6.07, 6.45) is -0.190. The van der Waals surface area contributed by atoms with E-state index in [1.54, 1.807) is 21.3 Å². The number of fused-ring (bicyclic) bond motifs is 11. The Morgan fingerprint density at radius 1 is 0.917 bits per heavy atom. The second-order valence-corrected chi connectivity index (χ2v) is 10.2. The second kappa shape index (κ2) is 7.06. The summed E-state index contributed by atoms with van der Waals surface area (Å²) in [7, 11) is 4.83. The Bertz CT molecular complexity index is 1640. The van der Waals surface area contributed by atoms with E-state index in [1.807, 2.05) is 36.4 Å². The minimum atomic E-state index is -0.551. The standard InChI is InChI=1S/C28H26N2O6/c1-28(2)20-16(18-23(36-28)12-8-6-7-9-14(12)29-26(18)31)17-19-22(33-4)13-10-11-15(32-3)24(34-5)21(13)30-27(19)35-25(17)20/h6-11,16-17,20,25H,1-5H3,(H,29,31)/t16-,17+,20+,25-/m1/s1. The fourth-order valence-corrected chi connectivity index (χ4v) is 6.70. The molecular weight excluding hydrogens is 460 g/mol. The SMILES string of the molecule is COc1ccc2c(OC)c3c(nc2c1OC)O[C@@H]1[C@H]3[C@@H]2c3c(c4ccccc4[nH]c3=O)OC(C)(C)[C@H]12. The van der Waals surface area contributed by atoms with E-state index in [-0.39, 0.29) is 29.4 Å². The van der Waals surface area contributed by atoms with Crippen molar-refractivity contribution < 1.29 is 23.7 Å². The van der Waals surface area contributed by atoms with Crippen LogP contribution in [-0.2, 0) is 0 Å². The second-order valence-electron chi connectivity index (χ2n) is 10.2. The number of benzene rings is 2. The summed E-state index contributed by atoms with van der Waals surface area (Å²) in [5.41, 5.74) is 2.26. The minimum Gasteiger partial charge on any atom is -0.496 e. The number of nitrogens with one attached hydrogen (secondary N) is 1. The molecule has 36 heavy (non-hydrogen) atoms. The van der Waals surface area contributed by atoms with Gasteiger partial charge in [0.2, 0.25) is 5.88 Å². The predicted molar refractivity (Wildman–Crippen MR) is 134 cm³/mol. The normalized spacial score (nSPS) is 24.5. The van der Waals surface area contributed by atoms with Crippen LogP contribution >= 0.6 is 0 Å². The molecular formula is C28H26N2O6. The molecule has 0 spiro atoms. The van der Waals surface area contributed by atoms with E-state index in [1.165, 1.54) is 0 Å². The fraction of sp³-hybridized carbons (Fsp3) is 0.357. The summed E-state index contributed by atoms with van der Waals surface area (Å²) >= 11 is 0. The molecule has 1 saturated carbocycles. The molecule has 0 radical (unpaired) electrons. The average molecular weight is 487 g/mol. The molecule has 2 aromatic carbocycles. The summed E-state index contributed by atoms with van der Waals surface area (Å²) < 4.78 is 30.2. The van der Waals surface area contributed by atoms with Crippen LogP contribution in [0.2, 0.25) is 0 Å². The maximum absolute atomic E-state index is 13.4. The van der Waals surface area contributed by atoms with Gasteiger partial charge >= 0.3 is 0 Å². The molecule has 2 aromatic heterocycles. The topological polar surface area (TPSA) is 91.9 Å². The highest BCUT2D eigenvalue weighted by Crippen LogP contribution is 2.68. The third-order valence-electron chi connectivity index (χ3n) is 8.13. The van der Waals surface area contributed by atoms with Crippen molar-refractivity contribution in [3.63, 3.8) is 0 Å². The third-order valence-corrected chi connectivity index (χ3v) is 8.13. The van der Waals surface area contributed by atoms with E-state index >= 15 is 0 Å². The number of para-hydroxylation sites is 1. The predicted octanol–water partition coefficient (Wildman–Crippen LogP) is 4.53. The van der Waals surface area contributed by atoms with Gasteiger partial charge in [-0.15, -0.1) is 0 Å². The molecule has 184 valence electrons. The van der Waals surface area contributed by atoms with E-state index in [9.17, 15) is 4.79 Å². The van der Waals surface area contributed by atoms with Gasteiger partial charge in [-0.2, -0.15) is 0 Å². The van der Waals surface area contributed by atoms with E-state index in [0.717, 1.165) is 21.9 Å². The van der Waals surface area contributed by atoms with Crippen molar-refractivity contribution in [3.05, 3.63) is 57.9 Å². The third kappa shape index (κ3) is 2.49. The highest BCUT2D eigenvalue weighted by molar-refractivity contribution is 5.94. The van der Waals surface area contributed by atoms with Crippen molar-refractivity contribution >= 4 is 21.8 Å². The molecule has 7 rings (SSSR count). The molecule has 8 nitrogen and oxygen atoms in total. The van der Waals surface area contributed by atoms with Gasteiger partial charge in [0.25, 0.3) is 5.56 Å². The van der Waals surface area contributed by atoms with Crippen LogP contribution in [0.5, 0.6) is 28.9 Å². The number of pyridine rings is 2. The summed E-state index contributed by atoms with van der Waals surface area (Å²) in [6.45, 7) is 4.14. The molecule has 0 unspecified atom stereocenters. The Morgan fingerprint density at radius 2 is 1.69 bits per heavy atom. The molecule has 0 bridgehead atoms. The van der Waals surface area contributed by atoms with Gasteiger partial charge in [0.05, 0.1) is 38.0 Å². The molecule has 1 N–H and O–H groups in total. The maximum atomic E-state index is 13.4. The summed E-state index contributed by atoms with van der Waals surface area (Å²) in [5.74, 6) is 2.73. The van der Waals surface area contributed by atoms with Crippen molar-refractivity contribution in [3.8, 4) is 28.9 Å². The quantitative estimate of drug-likeness (QED) is 0.455. The minimum absolute atomic E-state index is 0.0317. The number of H-pyrrole nitrogens is 1. The number of hydrogen-bond donors (Lipinski definition) is 1. The Balaban J connectivity index is 1.49. The van der Waals surface area contributed by atoms with E-state index < -0.39 is 5.60 Å². The zero-order chi connectivity index (χ0) is 24.9. The summed E-state index contributed by atoms with van der Waals surface area (Å²) in [5, 5.41) is 1.71. The molecule has 4 atom stereocenters. The molecule has 0 amide bonds. The first-order valence-electron chi connectivity index (χ1n) is 12.0. The molecule has 1 fully saturated rings. The lowest BCUT2D eigenvalue weighted by Gasteiger charge is -2.56. The fourth-order valence-electron chi connectivity index (χ4n) is 6.70. The first-order valence-corrected chi connectivity index (χ1v) is 12.0. The summed E-state index contributed by atoms with van der Waals surface area (Å²) in [4.78, 5) is 21.4. The zero-order valence-corrected chi connectivity index (χ0v) is 20.7. The first kappa shape index (κ1) is 21.4. The van der Waals surface area contributed by atoms with Gasteiger partial charge in [0.15, 0.2) is 11.5 Å². The van der Waals surface area contributed by atoms with Crippen molar-refractivity contribution in [2.75, 3.05) is 21.3 Å². The van der Waals surface area contributed by atoms with Crippen molar-refractivity contribution in [2.24, 2.45) is 5.92 Å². The van der Waals surface area contributed by atoms with Crippen LogP contribution in [0.15, 0.2) is 41.2 Å². The van der Waals surface area contributed by atoms with Gasteiger partial charge < -0.3 is 28.7 Å². The number of aromatic nitrogens is 2. The average Bonchev–Trinajstić information content (AvgIpc) is 3.16. The number of hydrogen-bond acceptors (Lipinski definition) is 7. The van der Waals surface area contributed by atoms with Gasteiger partial charge in [-0.3, -0.25) is 4.79 Å². The maximum Gasteiger partial charge on any atom is 0.255 e. The Morgan fingerprint density at radius 3 is 2.44 bits per heavy atom. The molecule has 4 heterocycles. The van der Waals surface area contributed by atoms with Crippen molar-refractivity contribution in [1.29, 1.82) is 0 Å². The molecule has 8 heteroatoms. The highest BCUT2D eigenvalue weighted by atomic mass is 16.5. The number of aromatic amines is 1. The van der Waals surface area contributed by atoms with Gasteiger partial charge in [-0.1, -0.05) is 12.1 Å². The highest BCUT2D eigenvalue weighted by Gasteiger charge is 2.67. The molecule has 2 aliphatic heterocycles. The largest absolute Gasteiger partial charge is 0.496 e. The monoisotopic (exact) mass is 486 g/mol. The lowest BCUT2D eigenvalue weighted by Crippen LogP contribution is -2.62. The number of nitrogens with zero attached hydrogens (tertiary/aromatic N) is 1. The van der Waals surface area contributed by atoms with Crippen LogP contribution in [0, 0.1) is 5.92 Å². The van der Waals surface area contributed by atoms with Crippen LogP contribution in [-0.4, -0.2) is 43.0 Å². The lowest BCUT2D eigenvalue weighted by atomic mass is 9.52. The Labute approximate surface area is 207 Å². The van der Waals surface area contributed by atoms with Gasteiger partial charge in [-0.25, -0.2) is 4.98 Å². The first-order chi connectivity index (χ1) is 17.4. The number of methoxy groups -OCH3 is 3. The Hall–Kier alpha value is -3.94. The van der Waals surface area contributed by atoms with Crippen LogP contribution < -0.4 is 29.2 Å². The molecule has 0 saturated heterocycles. The van der Waals surface area contributed by atoms with Crippen LogP contribution in [0.3, 0.4) is 0 Å². The smallest absolute Gasteiger partial charge is 0.255 e. The van der Waals surface area contributed by atoms with E-state index in [4.69, 9.17) is 28.7 Å². The molecule has 4 aromatic rings. The van der Waals surface area contributed by atoms with Crippen LogP contribution in [0.4, 0.5) is 0 Å². The van der Waals surface area contributed by atoms with Crippen molar-refractivity contribution in [1.82, 2.24) is 9.97 Å². The zero-order valence-electron chi connectivity index (χ0n) is 20.7. The molecule has 3 aliphatic rings. The van der Waals surface area contributed by atoms with Gasteiger partial charge in [-0.05, 0) is 38.1 Å². The van der Waals surface area contributed by atoms with Gasteiger partial charge in [0.1, 0.15) is 28.7 Å². The van der Waals surface area contributed by atoms with Crippen molar-refractivity contribution in [2.45, 2.75) is 37.4 Å². The van der Waals surface area contributed by atoms with Gasteiger partial charge in [0, 0.05) is 28.5 Å². The Kier molecular flexibility index (Phi) is 4.19. The number of rotatable bonds is 3. The number of ether oxygens (including phenoxy) is 5. The van der Waals surface area contributed by atoms with E-state index in [0.29, 0.717) is 40.0 Å². The van der Waals surface area contributed by atoms with Crippen LogP contribution in [0.25, 0.3) is 21.8 Å². The molecule has 1 aliphatic carbocycles. The summed E-state index contributed by atoms with van der Waals surface area (Å²) in [6, 6.07) is 11.5. The lowest BCUT2D eigenvalue weighted by molar-refractivity contribution is -0.109. The van der Waals surface area contributed by atoms with Crippen LogP contribution in [0.1, 0.15) is 36.8 Å². The van der Waals surface area contributed by atoms with E-state index in [2.05, 4.69) is 18.8 Å².